The number of phosphoric ester groups is 1. The van der Waals surface area contributed by atoms with Gasteiger partial charge in [-0.15, -0.1) is 0 Å². The van der Waals surface area contributed by atoms with E-state index >= 15 is 0 Å². The van der Waals surface area contributed by atoms with Gasteiger partial charge in [0.2, 0.25) is 0 Å². The summed E-state index contributed by atoms with van der Waals surface area (Å²) in [6.07, 6.45) is 76.6. The number of hydrogen-bond acceptors (Lipinski definition) is 7. The Morgan fingerprint density at radius 3 is 1.12 bits per heavy atom. The van der Waals surface area contributed by atoms with Crippen molar-refractivity contribution >= 4 is 19.8 Å². The minimum Gasteiger partial charge on any atom is -0.462 e. The maximum atomic E-state index is 12.8. The average Bonchev–Trinajstić information content (AvgIpc) is 3.38. The molecule has 0 aromatic carbocycles. The smallest absolute Gasteiger partial charge is 0.462 e. The maximum absolute atomic E-state index is 12.8. The highest BCUT2D eigenvalue weighted by molar-refractivity contribution is 7.47. The predicted octanol–water partition coefficient (Wildman–Crippen LogP) is 19.8. The third-order valence-electron chi connectivity index (χ3n) is 13.4. The Morgan fingerprint density at radius 1 is 0.421 bits per heavy atom. The molecule has 10 heteroatoms. The Labute approximate surface area is 469 Å². The molecule has 1 N–H and O–H groups in total. The number of rotatable bonds is 57. The average molecular weight is 1090 g/mol. The fourth-order valence-electron chi connectivity index (χ4n) is 8.64. The van der Waals surface area contributed by atoms with Crippen LogP contribution >= 0.6 is 7.82 Å². The molecule has 0 aromatic heterocycles. The SMILES string of the molecule is CC/C=C\C/C=C\C/C=C\C/C=C\C/C=C\C/C=C\C/C=C\CCCCCCCC(=O)OC(COC(=O)CCCCCCCCCCCCCCCCCCCCCCCCCCC)COP(=O)(O)OCC[N+](C)(C)C. The Kier molecular flexibility index (Phi) is 54.8. The number of carbonyl (C=O) groups excluding carboxylic acids is 2. The molecule has 9 nitrogen and oxygen atoms in total. The molecule has 0 aliphatic heterocycles. The molecule has 0 heterocycles. The van der Waals surface area contributed by atoms with E-state index in [2.05, 4.69) is 98.9 Å². The number of allylic oxidation sites excluding steroid dienone is 14. The molecule has 2 unspecified atom stereocenters. The van der Waals surface area contributed by atoms with Gasteiger partial charge in [-0.3, -0.25) is 18.6 Å². The highest BCUT2D eigenvalue weighted by atomic mass is 31.2. The van der Waals surface area contributed by atoms with E-state index in [1.165, 1.54) is 141 Å². The highest BCUT2D eigenvalue weighted by Crippen LogP contribution is 2.43. The summed E-state index contributed by atoms with van der Waals surface area (Å²) in [6, 6.07) is 0. The first-order valence-electron chi connectivity index (χ1n) is 31.3. The highest BCUT2D eigenvalue weighted by Gasteiger charge is 2.27. The zero-order chi connectivity index (χ0) is 55.6. The molecule has 76 heavy (non-hydrogen) atoms. The molecule has 0 aromatic rings. The summed E-state index contributed by atoms with van der Waals surface area (Å²) < 4.78 is 34.6. The molecule has 0 fully saturated rings. The standard InChI is InChI=1S/C66H118NO8P/c1-6-8-10-12-14-16-18-20-22-24-26-28-30-32-33-35-37-39-41-43-45-47-49-51-53-55-57-59-66(69)75-64(63-74-76(70,71)73-61-60-67(3,4)5)62-72-65(68)58-56-54-52-50-48-46-44-42-40-38-36-34-31-29-27-25-23-21-19-17-15-13-11-9-7-2/h8,10,14,16,20,22,26,28,32-33,37,39,43,45,64H,6-7,9,11-13,15,17-19,21,23-25,27,29-31,34-36,38,40-42,44,46-63H2,1-5H3/p+1/b10-8-,16-14-,22-20-,28-26-,33-32-,39-37-,45-43-. The molecule has 0 rings (SSSR count). The maximum Gasteiger partial charge on any atom is 0.472 e. The summed E-state index contributed by atoms with van der Waals surface area (Å²) in [4.78, 5) is 35.8. The molecule has 0 saturated heterocycles. The number of carbonyl (C=O) groups is 2. The summed E-state index contributed by atoms with van der Waals surface area (Å²) in [5, 5.41) is 0. The van der Waals surface area contributed by atoms with Crippen LogP contribution in [0.15, 0.2) is 85.1 Å². The Morgan fingerprint density at radius 2 is 0.750 bits per heavy atom. The lowest BCUT2D eigenvalue weighted by Gasteiger charge is -2.24. The second-order valence-electron chi connectivity index (χ2n) is 22.1. The van der Waals surface area contributed by atoms with Crippen molar-refractivity contribution in [3.05, 3.63) is 85.1 Å². The number of unbranched alkanes of at least 4 members (excludes halogenated alkanes) is 29. The van der Waals surface area contributed by atoms with E-state index in [0.717, 1.165) is 96.3 Å². The van der Waals surface area contributed by atoms with Crippen LogP contribution in [0.5, 0.6) is 0 Å². The van der Waals surface area contributed by atoms with E-state index < -0.39 is 26.5 Å². The fourth-order valence-corrected chi connectivity index (χ4v) is 9.39. The van der Waals surface area contributed by atoms with E-state index in [-0.39, 0.29) is 32.0 Å². The molecular weight excluding hydrogens is 966 g/mol. The lowest BCUT2D eigenvalue weighted by Crippen LogP contribution is -2.37. The van der Waals surface area contributed by atoms with Crippen LogP contribution in [0.4, 0.5) is 0 Å². The van der Waals surface area contributed by atoms with Crippen molar-refractivity contribution in [2.45, 2.75) is 277 Å². The van der Waals surface area contributed by atoms with Gasteiger partial charge in [-0.25, -0.2) is 4.57 Å². The second kappa shape index (κ2) is 56.9. The van der Waals surface area contributed by atoms with Crippen LogP contribution in [0, 0.1) is 0 Å². The zero-order valence-electron chi connectivity index (χ0n) is 50.0. The third kappa shape index (κ3) is 60.4. The predicted molar refractivity (Wildman–Crippen MR) is 325 cm³/mol. The lowest BCUT2D eigenvalue weighted by molar-refractivity contribution is -0.870. The lowest BCUT2D eigenvalue weighted by atomic mass is 10.0. The number of ether oxygens (including phenoxy) is 2. The molecule has 2 atom stereocenters. The molecule has 0 radical (unpaired) electrons. The number of nitrogens with zero attached hydrogens (tertiary/aromatic N) is 1. The molecule has 440 valence electrons. The van der Waals surface area contributed by atoms with Gasteiger partial charge in [0.25, 0.3) is 0 Å². The van der Waals surface area contributed by atoms with Crippen molar-refractivity contribution < 1.29 is 42.1 Å². The number of esters is 2. The van der Waals surface area contributed by atoms with Crippen LogP contribution in [-0.2, 0) is 32.7 Å². The molecular formula is C66H119NO8P+. The summed E-state index contributed by atoms with van der Waals surface area (Å²) in [7, 11) is 1.46. The third-order valence-corrected chi connectivity index (χ3v) is 14.4. The van der Waals surface area contributed by atoms with Gasteiger partial charge in [0.05, 0.1) is 27.7 Å². The molecule has 0 bridgehead atoms. The quantitative estimate of drug-likeness (QED) is 0.0211. The van der Waals surface area contributed by atoms with Crippen LogP contribution in [0.2, 0.25) is 0 Å². The number of likely N-dealkylation sites (N-methyl/N-ethyl adjacent to an activating group) is 1. The molecule has 0 aliphatic carbocycles. The van der Waals surface area contributed by atoms with Crippen molar-refractivity contribution in [2.24, 2.45) is 0 Å². The second-order valence-corrected chi connectivity index (χ2v) is 23.5. The van der Waals surface area contributed by atoms with Crippen molar-refractivity contribution in [3.63, 3.8) is 0 Å². The first kappa shape index (κ1) is 73.2. The van der Waals surface area contributed by atoms with Crippen LogP contribution < -0.4 is 0 Å². The first-order valence-corrected chi connectivity index (χ1v) is 32.8. The van der Waals surface area contributed by atoms with Gasteiger partial charge in [0.1, 0.15) is 19.8 Å². The van der Waals surface area contributed by atoms with E-state index in [4.69, 9.17) is 18.5 Å². The minimum atomic E-state index is -4.40. The van der Waals surface area contributed by atoms with Crippen molar-refractivity contribution in [1.82, 2.24) is 0 Å². The first-order chi connectivity index (χ1) is 37.0. The van der Waals surface area contributed by atoms with E-state index in [9.17, 15) is 19.0 Å². The van der Waals surface area contributed by atoms with E-state index in [1.54, 1.807) is 0 Å². The normalized spacial score (nSPS) is 13.8. The van der Waals surface area contributed by atoms with E-state index in [1.807, 2.05) is 21.1 Å². The van der Waals surface area contributed by atoms with Gasteiger partial charge in [-0.1, -0.05) is 272 Å². The minimum absolute atomic E-state index is 0.0247. The largest absolute Gasteiger partial charge is 0.472 e. The Bertz CT molecular complexity index is 1560. The van der Waals surface area contributed by atoms with Gasteiger partial charge < -0.3 is 18.9 Å². The van der Waals surface area contributed by atoms with Crippen LogP contribution in [0.1, 0.15) is 271 Å². The van der Waals surface area contributed by atoms with Crippen LogP contribution in [0.3, 0.4) is 0 Å². The number of hydrogen-bond donors (Lipinski definition) is 1. The molecule has 0 saturated carbocycles. The van der Waals surface area contributed by atoms with Gasteiger partial charge in [0.15, 0.2) is 6.10 Å². The number of quaternary nitrogens is 1. The topological polar surface area (TPSA) is 108 Å². The monoisotopic (exact) mass is 1080 g/mol. The van der Waals surface area contributed by atoms with Crippen molar-refractivity contribution in [2.75, 3.05) is 47.5 Å². The molecule has 0 aliphatic rings. The van der Waals surface area contributed by atoms with Crippen molar-refractivity contribution in [3.8, 4) is 0 Å². The summed E-state index contributed by atoms with van der Waals surface area (Å²) in [5.41, 5.74) is 0. The summed E-state index contributed by atoms with van der Waals surface area (Å²) in [6.45, 7) is 4.32. The van der Waals surface area contributed by atoms with Crippen LogP contribution in [-0.4, -0.2) is 74.9 Å². The van der Waals surface area contributed by atoms with Gasteiger partial charge >= 0.3 is 19.8 Å². The molecule has 0 amide bonds. The molecule has 0 spiro atoms. The Balaban J connectivity index is 4.18. The van der Waals surface area contributed by atoms with Gasteiger partial charge in [0, 0.05) is 12.8 Å². The van der Waals surface area contributed by atoms with Crippen LogP contribution in [0.25, 0.3) is 0 Å². The number of phosphoric acid groups is 1. The fraction of sp³-hybridized carbons (Fsp3) is 0.758. The Hall–Kier alpha value is -2.81. The van der Waals surface area contributed by atoms with Crippen molar-refractivity contribution in [1.29, 1.82) is 0 Å². The van der Waals surface area contributed by atoms with Gasteiger partial charge in [-0.05, 0) is 70.6 Å². The summed E-state index contributed by atoms with van der Waals surface area (Å²) in [5.74, 6) is -0.814. The van der Waals surface area contributed by atoms with E-state index in [0.29, 0.717) is 17.4 Å². The summed E-state index contributed by atoms with van der Waals surface area (Å²) >= 11 is 0. The van der Waals surface area contributed by atoms with Gasteiger partial charge in [-0.2, -0.15) is 0 Å². The zero-order valence-corrected chi connectivity index (χ0v) is 50.9.